The monoisotopic (exact) mass is 1060 g/mol. The number of azo groups is 1. The van der Waals surface area contributed by atoms with Gasteiger partial charge in [-0.3, -0.25) is 27.7 Å². The van der Waals surface area contributed by atoms with Crippen molar-refractivity contribution < 1.29 is 65.1 Å². The second-order valence-electron chi connectivity index (χ2n) is 15.4. The SMILES string of the molecule is CC(=O)Nc1cc(N(CCCCS(=O)(=O)O)CCCCS(=O)(=O)O)ccc1N=Nc1c(C#N)c(C(C)(C)C)nn1-c1c(Cl)cc(S(=O)(=O)Nc2cc(S(=O)(=O)O)cc(S(=O)(=O)O)c2)cc1Cl. The number of sulfonamides is 1. The number of carbonyl (C=O) groups is 1. The lowest BCUT2D eigenvalue weighted by molar-refractivity contribution is -0.114. The number of carbonyl (C=O) groups excluding carboxylic acids is 1. The molecule has 66 heavy (non-hydrogen) atoms. The van der Waals surface area contributed by atoms with Gasteiger partial charge in [0, 0.05) is 31.1 Å². The number of hydrogen-bond acceptors (Lipinski definition) is 16. The van der Waals surface area contributed by atoms with Gasteiger partial charge in [-0.15, -0.1) is 10.2 Å². The van der Waals surface area contributed by atoms with Crippen molar-refractivity contribution in [2.75, 3.05) is 39.5 Å². The van der Waals surface area contributed by atoms with Crippen molar-refractivity contribution in [3.8, 4) is 11.8 Å². The summed E-state index contributed by atoms with van der Waals surface area (Å²) in [5, 5.41) is 25.4. The number of rotatable bonds is 20. The molecule has 0 atom stereocenters. The van der Waals surface area contributed by atoms with Gasteiger partial charge in [-0.05, 0) is 74.2 Å². The molecule has 3 aromatic carbocycles. The number of hydrogen-bond donors (Lipinski definition) is 6. The average molecular weight is 1060 g/mol. The fourth-order valence-corrected chi connectivity index (χ4v) is 10.3. The van der Waals surface area contributed by atoms with Gasteiger partial charge in [0.25, 0.3) is 50.5 Å². The predicted octanol–water partition coefficient (Wildman–Crippen LogP) is 6.16. The fourth-order valence-electron chi connectivity index (χ4n) is 6.07. The quantitative estimate of drug-likeness (QED) is 0.0328. The van der Waals surface area contributed by atoms with Crippen molar-refractivity contribution in [3.05, 3.63) is 69.8 Å². The Morgan fingerprint density at radius 3 is 1.73 bits per heavy atom. The Balaban J connectivity index is 1.82. The van der Waals surface area contributed by atoms with E-state index in [0.717, 1.165) is 16.8 Å². The van der Waals surface area contributed by atoms with E-state index in [4.69, 9.17) is 23.2 Å². The zero-order chi connectivity index (χ0) is 49.8. The van der Waals surface area contributed by atoms with Crippen LogP contribution in [0, 0.1) is 11.3 Å². The Labute approximate surface area is 390 Å². The van der Waals surface area contributed by atoms with Gasteiger partial charge in [0.1, 0.15) is 23.0 Å². The molecule has 1 aromatic heterocycles. The van der Waals surface area contributed by atoms with Gasteiger partial charge in [-0.1, -0.05) is 44.0 Å². The largest absolute Gasteiger partial charge is 0.371 e. The number of amides is 1. The molecular formula is C36H42Cl2N8O15S5. The molecular weight excluding hydrogens is 1020 g/mol. The standard InChI is InChI=1S/C36H42Cl2N8O15S5/c1-22(47)40-32-17-24(45(11-5-7-13-62(48,49)50)12-6-8-14-63(51,52)53)9-10-31(32)41-42-35-28(21-39)34(36(2,3)4)43-46(35)33-29(37)19-25(20-30(33)38)64(54,55)44-23-15-26(65(56,57)58)18-27(16-23)66(59,60)61/h9-10,15-20,44H,5-8,11-14H2,1-4H3,(H,40,47)(H,48,49,50)(H,51,52,53)(H,56,57,58)(H,59,60,61). The van der Waals surface area contributed by atoms with Crippen LogP contribution in [0.15, 0.2) is 73.4 Å². The van der Waals surface area contributed by atoms with Crippen molar-refractivity contribution in [3.63, 3.8) is 0 Å². The molecule has 6 N–H and O–H groups in total. The summed E-state index contributed by atoms with van der Waals surface area (Å²) in [7, 11) is -23.5. The number of nitrogens with one attached hydrogen (secondary N) is 2. The van der Waals surface area contributed by atoms with Gasteiger partial charge < -0.3 is 10.2 Å². The van der Waals surface area contributed by atoms with Crippen LogP contribution in [0.2, 0.25) is 10.0 Å². The molecule has 360 valence electrons. The van der Waals surface area contributed by atoms with Crippen LogP contribution < -0.4 is 14.9 Å². The summed E-state index contributed by atoms with van der Waals surface area (Å²) in [6.45, 7) is 6.82. The molecule has 1 heterocycles. The van der Waals surface area contributed by atoms with Crippen LogP contribution in [0.5, 0.6) is 0 Å². The van der Waals surface area contributed by atoms with Crippen LogP contribution in [0.4, 0.5) is 28.6 Å². The normalized spacial score (nSPS) is 12.9. The lowest BCUT2D eigenvalue weighted by atomic mass is 9.90. The van der Waals surface area contributed by atoms with E-state index in [-0.39, 0.29) is 72.9 Å². The first-order valence-electron chi connectivity index (χ1n) is 18.8. The third-order valence-electron chi connectivity index (χ3n) is 8.99. The Bertz CT molecular complexity index is 3080. The van der Waals surface area contributed by atoms with E-state index < -0.39 is 104 Å². The Morgan fingerprint density at radius 2 is 1.29 bits per heavy atom. The molecule has 0 saturated heterocycles. The molecule has 0 aliphatic rings. The lowest BCUT2D eigenvalue weighted by Crippen LogP contribution is -2.26. The van der Waals surface area contributed by atoms with Gasteiger partial charge in [0.2, 0.25) is 5.91 Å². The van der Waals surface area contributed by atoms with E-state index in [9.17, 15) is 70.4 Å². The molecule has 0 aliphatic heterocycles. The van der Waals surface area contributed by atoms with Gasteiger partial charge >= 0.3 is 0 Å². The molecule has 23 nitrogen and oxygen atoms in total. The second-order valence-corrected chi connectivity index (χ2v) is 23.8. The highest BCUT2D eigenvalue weighted by molar-refractivity contribution is 7.92. The number of aromatic nitrogens is 2. The molecule has 4 rings (SSSR count). The number of halogens is 2. The minimum Gasteiger partial charge on any atom is -0.371 e. The first kappa shape index (κ1) is 53.8. The Hall–Kier alpha value is -4.80. The Kier molecular flexibility index (Phi) is 16.8. The first-order valence-corrected chi connectivity index (χ1v) is 27.2. The third-order valence-corrected chi connectivity index (χ3v) is 14.2. The first-order chi connectivity index (χ1) is 30.2. The predicted molar refractivity (Wildman–Crippen MR) is 242 cm³/mol. The number of nitriles is 1. The van der Waals surface area contributed by atoms with Crippen molar-refractivity contribution in [1.82, 2.24) is 9.78 Å². The maximum absolute atomic E-state index is 13.6. The Morgan fingerprint density at radius 1 is 0.773 bits per heavy atom. The zero-order valence-electron chi connectivity index (χ0n) is 35.0. The van der Waals surface area contributed by atoms with E-state index in [1.54, 1.807) is 31.7 Å². The van der Waals surface area contributed by atoms with Gasteiger partial charge in [-0.25, -0.2) is 13.1 Å². The van der Waals surface area contributed by atoms with Crippen molar-refractivity contribution >= 4 is 108 Å². The van der Waals surface area contributed by atoms with E-state index in [1.165, 1.54) is 19.1 Å². The maximum Gasteiger partial charge on any atom is 0.294 e. The zero-order valence-corrected chi connectivity index (χ0v) is 40.6. The number of benzene rings is 3. The molecule has 0 radical (unpaired) electrons. The van der Waals surface area contributed by atoms with Crippen LogP contribution >= 0.6 is 23.2 Å². The highest BCUT2D eigenvalue weighted by atomic mass is 35.5. The van der Waals surface area contributed by atoms with Gasteiger partial charge in [-0.2, -0.15) is 44.0 Å². The summed E-state index contributed by atoms with van der Waals surface area (Å²) in [5.74, 6) is -1.82. The van der Waals surface area contributed by atoms with Crippen LogP contribution in [0.25, 0.3) is 5.69 Å². The van der Waals surface area contributed by atoms with E-state index in [1.807, 2.05) is 10.8 Å². The summed E-state index contributed by atoms with van der Waals surface area (Å²) < 4.78 is 160. The highest BCUT2D eigenvalue weighted by Gasteiger charge is 2.31. The molecule has 0 fully saturated rings. The van der Waals surface area contributed by atoms with Crippen LogP contribution in [-0.4, -0.2) is 101 Å². The number of anilines is 3. The summed E-state index contributed by atoms with van der Waals surface area (Å²) >= 11 is 13.3. The molecule has 4 aromatic rings. The van der Waals surface area contributed by atoms with Crippen LogP contribution in [0.1, 0.15) is 64.6 Å². The summed E-state index contributed by atoms with van der Waals surface area (Å²) in [4.78, 5) is 11.3. The van der Waals surface area contributed by atoms with Crippen molar-refractivity contribution in [1.29, 1.82) is 5.26 Å². The number of nitrogens with zero attached hydrogens (tertiary/aromatic N) is 6. The summed E-state index contributed by atoms with van der Waals surface area (Å²) in [6.07, 6.45) is 0.691. The third kappa shape index (κ3) is 14.9. The van der Waals surface area contributed by atoms with Crippen LogP contribution in [0.3, 0.4) is 0 Å². The maximum atomic E-state index is 13.6. The summed E-state index contributed by atoms with van der Waals surface area (Å²) in [6, 6.07) is 9.87. The molecule has 0 unspecified atom stereocenters. The van der Waals surface area contributed by atoms with Crippen molar-refractivity contribution in [2.24, 2.45) is 10.2 Å². The molecule has 0 aliphatic carbocycles. The average Bonchev–Trinajstić information content (AvgIpc) is 3.53. The number of unbranched alkanes of at least 4 members (excludes halogenated alkanes) is 2. The lowest BCUT2D eigenvalue weighted by Gasteiger charge is -2.26. The molecule has 30 heteroatoms. The van der Waals surface area contributed by atoms with Gasteiger partial charge in [0.05, 0.1) is 53.3 Å². The van der Waals surface area contributed by atoms with Crippen LogP contribution in [-0.2, 0) is 60.7 Å². The fraction of sp³-hybridized carbons (Fsp3) is 0.361. The molecule has 0 saturated carbocycles. The molecule has 0 spiro atoms. The smallest absolute Gasteiger partial charge is 0.294 e. The van der Waals surface area contributed by atoms with Gasteiger partial charge in [0.15, 0.2) is 5.82 Å². The van der Waals surface area contributed by atoms with E-state index >= 15 is 0 Å². The minimum absolute atomic E-state index is 0.0283. The van der Waals surface area contributed by atoms with E-state index in [2.05, 4.69) is 20.6 Å². The summed E-state index contributed by atoms with van der Waals surface area (Å²) in [5.41, 5.74) is -1.16. The molecule has 0 bridgehead atoms. The minimum atomic E-state index is -5.11. The van der Waals surface area contributed by atoms with E-state index in [0.29, 0.717) is 23.9 Å². The second kappa shape index (κ2) is 20.6. The highest BCUT2D eigenvalue weighted by Crippen LogP contribution is 2.41. The molecule has 1 amide bonds. The topological polar surface area (TPSA) is 362 Å². The van der Waals surface area contributed by atoms with Crippen molar-refractivity contribution in [2.45, 2.75) is 73.5 Å².